The number of benzene rings is 1. The van der Waals surface area contributed by atoms with Crippen molar-refractivity contribution in [3.63, 3.8) is 0 Å². The van der Waals surface area contributed by atoms with Gasteiger partial charge in [0.05, 0.1) is 0 Å². The van der Waals surface area contributed by atoms with Gasteiger partial charge in [0.25, 0.3) is 0 Å². The molecule has 0 saturated carbocycles. The molecule has 0 bridgehead atoms. The van der Waals surface area contributed by atoms with Crippen LogP contribution in [0.2, 0.25) is 0 Å². The predicted octanol–water partition coefficient (Wildman–Crippen LogP) is 4.68. The maximum Gasteiger partial charge on any atom is 0.146 e. The molecule has 1 aromatic rings. The Hall–Kier alpha value is -1.63. The Labute approximate surface area is 122 Å². The van der Waals surface area contributed by atoms with E-state index in [-0.39, 0.29) is 0 Å². The highest BCUT2D eigenvalue weighted by Crippen LogP contribution is 2.28. The van der Waals surface area contributed by atoms with Crippen molar-refractivity contribution in [2.45, 2.75) is 52.9 Å². The first-order valence-electron chi connectivity index (χ1n) is 7.51. The third-order valence-corrected chi connectivity index (χ3v) is 4.13. The molecule has 106 valence electrons. The molecule has 0 radical (unpaired) electrons. The minimum atomic E-state index is 0.561. The van der Waals surface area contributed by atoms with Crippen molar-refractivity contribution in [2.24, 2.45) is 0 Å². The third kappa shape index (κ3) is 3.09. The molecule has 1 nitrogen and oxygen atoms in total. The van der Waals surface area contributed by atoms with Gasteiger partial charge in [-0.15, -0.1) is 0 Å². The lowest BCUT2D eigenvalue weighted by Gasteiger charge is -2.17. The zero-order valence-corrected chi connectivity index (χ0v) is 13.0. The molecule has 1 aliphatic rings. The molecular formula is C19H24O. The van der Waals surface area contributed by atoms with E-state index in [9.17, 15) is 4.79 Å². The SMILES string of the molecule is CCc1cc(C)c(CC2=CC=C(C=O)C2)cc1C(C)C. The second-order valence-electron chi connectivity index (χ2n) is 6.02. The molecule has 0 saturated heterocycles. The highest BCUT2D eigenvalue weighted by Gasteiger charge is 2.13. The number of aldehydes is 1. The van der Waals surface area contributed by atoms with Crippen LogP contribution in [0.3, 0.4) is 0 Å². The minimum absolute atomic E-state index is 0.561. The summed E-state index contributed by atoms with van der Waals surface area (Å²) in [5.41, 5.74) is 7.94. The van der Waals surface area contributed by atoms with Crippen LogP contribution in [0.4, 0.5) is 0 Å². The topological polar surface area (TPSA) is 17.1 Å². The van der Waals surface area contributed by atoms with Crippen LogP contribution in [0.15, 0.2) is 35.4 Å². The maximum atomic E-state index is 10.8. The molecule has 0 unspecified atom stereocenters. The fraction of sp³-hybridized carbons (Fsp3) is 0.421. The van der Waals surface area contributed by atoms with E-state index in [2.05, 4.69) is 45.9 Å². The van der Waals surface area contributed by atoms with E-state index >= 15 is 0 Å². The van der Waals surface area contributed by atoms with Gasteiger partial charge in [0.15, 0.2) is 0 Å². The lowest BCUT2D eigenvalue weighted by atomic mass is 9.89. The average Bonchev–Trinajstić information content (AvgIpc) is 2.88. The molecule has 0 amide bonds. The van der Waals surface area contributed by atoms with Crippen molar-refractivity contribution < 1.29 is 4.79 Å². The van der Waals surface area contributed by atoms with Crippen molar-refractivity contribution in [3.8, 4) is 0 Å². The molecule has 0 heterocycles. The van der Waals surface area contributed by atoms with Crippen LogP contribution in [0.25, 0.3) is 0 Å². The van der Waals surface area contributed by atoms with Crippen LogP contribution in [0.1, 0.15) is 55.4 Å². The van der Waals surface area contributed by atoms with Gasteiger partial charge in [-0.3, -0.25) is 4.79 Å². The Bertz CT molecular complexity index is 574. The summed E-state index contributed by atoms with van der Waals surface area (Å²) < 4.78 is 0. The van der Waals surface area contributed by atoms with E-state index < -0.39 is 0 Å². The highest BCUT2D eigenvalue weighted by molar-refractivity contribution is 5.76. The molecule has 0 aromatic heterocycles. The third-order valence-electron chi connectivity index (χ3n) is 4.13. The summed E-state index contributed by atoms with van der Waals surface area (Å²) in [5.74, 6) is 0.561. The summed E-state index contributed by atoms with van der Waals surface area (Å²) in [4.78, 5) is 10.8. The Morgan fingerprint density at radius 1 is 1.20 bits per heavy atom. The number of rotatable bonds is 5. The molecule has 1 aromatic carbocycles. The van der Waals surface area contributed by atoms with Gasteiger partial charge in [-0.1, -0.05) is 50.6 Å². The normalized spacial score (nSPS) is 14.4. The molecule has 0 spiro atoms. The first kappa shape index (κ1) is 14.8. The molecule has 0 N–H and O–H groups in total. The van der Waals surface area contributed by atoms with Crippen molar-refractivity contribution in [3.05, 3.63) is 57.7 Å². The number of aryl methyl sites for hydroxylation is 2. The monoisotopic (exact) mass is 268 g/mol. The second-order valence-corrected chi connectivity index (χ2v) is 6.02. The predicted molar refractivity (Wildman–Crippen MR) is 85.2 cm³/mol. The van der Waals surface area contributed by atoms with Gasteiger partial charge in [0, 0.05) is 0 Å². The average molecular weight is 268 g/mol. The van der Waals surface area contributed by atoms with Crippen LogP contribution in [0, 0.1) is 6.92 Å². The van der Waals surface area contributed by atoms with E-state index in [1.807, 2.05) is 6.08 Å². The van der Waals surface area contributed by atoms with Gasteiger partial charge in [-0.2, -0.15) is 0 Å². The number of allylic oxidation sites excluding steroid dienone is 4. The number of hydrogen-bond acceptors (Lipinski definition) is 1. The standard InChI is InChI=1S/C19H24O/c1-5-17-8-14(4)18(11-19(17)13(2)3)10-15-6-7-16(9-15)12-20/h6-8,11-13H,5,9-10H2,1-4H3. The van der Waals surface area contributed by atoms with Crippen molar-refractivity contribution in [1.29, 1.82) is 0 Å². The minimum Gasteiger partial charge on any atom is -0.298 e. The molecule has 1 heteroatoms. The van der Waals surface area contributed by atoms with Gasteiger partial charge >= 0.3 is 0 Å². The summed E-state index contributed by atoms with van der Waals surface area (Å²) >= 11 is 0. The quantitative estimate of drug-likeness (QED) is 0.709. The lowest BCUT2D eigenvalue weighted by Crippen LogP contribution is -2.01. The summed E-state index contributed by atoms with van der Waals surface area (Å²) in [5, 5.41) is 0. The number of carbonyl (C=O) groups is 1. The smallest absolute Gasteiger partial charge is 0.146 e. The number of carbonyl (C=O) groups excluding carboxylic acids is 1. The largest absolute Gasteiger partial charge is 0.298 e. The molecule has 1 aliphatic carbocycles. The van der Waals surface area contributed by atoms with Crippen LogP contribution in [0.5, 0.6) is 0 Å². The van der Waals surface area contributed by atoms with E-state index in [0.29, 0.717) is 5.92 Å². The van der Waals surface area contributed by atoms with Crippen LogP contribution >= 0.6 is 0 Å². The summed E-state index contributed by atoms with van der Waals surface area (Å²) in [6.07, 6.45) is 7.89. The van der Waals surface area contributed by atoms with Gasteiger partial charge in [-0.25, -0.2) is 0 Å². The Balaban J connectivity index is 2.25. The van der Waals surface area contributed by atoms with E-state index in [1.165, 1.54) is 27.8 Å². The zero-order chi connectivity index (χ0) is 14.7. The number of hydrogen-bond donors (Lipinski definition) is 0. The zero-order valence-electron chi connectivity index (χ0n) is 13.0. The summed E-state index contributed by atoms with van der Waals surface area (Å²) in [6, 6.07) is 4.72. The van der Waals surface area contributed by atoms with E-state index in [1.54, 1.807) is 0 Å². The van der Waals surface area contributed by atoms with E-state index in [4.69, 9.17) is 0 Å². The maximum absolute atomic E-state index is 10.8. The molecule has 20 heavy (non-hydrogen) atoms. The molecule has 0 atom stereocenters. The molecule has 2 rings (SSSR count). The first-order valence-corrected chi connectivity index (χ1v) is 7.51. The van der Waals surface area contributed by atoms with Crippen molar-refractivity contribution in [1.82, 2.24) is 0 Å². The van der Waals surface area contributed by atoms with Gasteiger partial charge in [0.2, 0.25) is 0 Å². The van der Waals surface area contributed by atoms with Crippen LogP contribution < -0.4 is 0 Å². The van der Waals surface area contributed by atoms with Crippen LogP contribution in [-0.2, 0) is 17.6 Å². The molecular weight excluding hydrogens is 244 g/mol. The van der Waals surface area contributed by atoms with Gasteiger partial charge < -0.3 is 0 Å². The Morgan fingerprint density at radius 3 is 2.50 bits per heavy atom. The Kier molecular flexibility index (Phi) is 4.59. The summed E-state index contributed by atoms with van der Waals surface area (Å²) in [7, 11) is 0. The van der Waals surface area contributed by atoms with Gasteiger partial charge in [-0.05, 0) is 59.9 Å². The Morgan fingerprint density at radius 2 is 1.95 bits per heavy atom. The van der Waals surface area contributed by atoms with Crippen molar-refractivity contribution >= 4 is 6.29 Å². The fourth-order valence-corrected chi connectivity index (χ4v) is 2.92. The fourth-order valence-electron chi connectivity index (χ4n) is 2.92. The summed E-state index contributed by atoms with van der Waals surface area (Å²) in [6.45, 7) is 8.94. The second kappa shape index (κ2) is 6.21. The lowest BCUT2D eigenvalue weighted by molar-refractivity contribution is -0.104. The van der Waals surface area contributed by atoms with Gasteiger partial charge in [0.1, 0.15) is 6.29 Å². The van der Waals surface area contributed by atoms with E-state index in [0.717, 1.165) is 31.1 Å². The first-order chi connectivity index (χ1) is 9.55. The molecule has 0 aliphatic heterocycles. The molecule has 0 fully saturated rings. The van der Waals surface area contributed by atoms with Crippen molar-refractivity contribution in [2.75, 3.05) is 0 Å². The van der Waals surface area contributed by atoms with Crippen LogP contribution in [-0.4, -0.2) is 6.29 Å². The highest BCUT2D eigenvalue weighted by atomic mass is 16.1.